The van der Waals surface area contributed by atoms with E-state index in [9.17, 15) is 12.8 Å². The third-order valence-electron chi connectivity index (χ3n) is 4.35. The van der Waals surface area contributed by atoms with Gasteiger partial charge in [0.1, 0.15) is 5.82 Å². The normalized spacial score (nSPS) is 26.8. The molecule has 0 amide bonds. The summed E-state index contributed by atoms with van der Waals surface area (Å²) >= 11 is 3.13. The van der Waals surface area contributed by atoms with Gasteiger partial charge in [-0.25, -0.2) is 17.5 Å². The molecule has 1 aromatic carbocycles. The van der Waals surface area contributed by atoms with Gasteiger partial charge in [0.05, 0.1) is 4.90 Å². The van der Waals surface area contributed by atoms with Crippen molar-refractivity contribution in [3.63, 3.8) is 0 Å². The lowest BCUT2D eigenvalue weighted by Gasteiger charge is -2.32. The molecule has 116 valence electrons. The molecule has 0 aromatic heterocycles. The summed E-state index contributed by atoms with van der Waals surface area (Å²) in [5.74, 6) is -0.458. The number of nitrogens with zero attached hydrogens (tertiary/aromatic N) is 1. The maximum Gasteiger partial charge on any atom is 0.241 e. The highest BCUT2D eigenvalue weighted by Crippen LogP contribution is 2.29. The van der Waals surface area contributed by atoms with Crippen molar-refractivity contribution in [2.45, 2.75) is 42.7 Å². The van der Waals surface area contributed by atoms with Gasteiger partial charge in [-0.3, -0.25) is 4.90 Å². The van der Waals surface area contributed by atoms with Crippen LogP contribution in [0.25, 0.3) is 0 Å². The van der Waals surface area contributed by atoms with Gasteiger partial charge >= 0.3 is 0 Å². The fraction of sp³-hybridized carbons (Fsp3) is 0.571. The van der Waals surface area contributed by atoms with E-state index in [0.29, 0.717) is 6.04 Å². The average molecular weight is 377 g/mol. The Hall–Kier alpha value is -0.500. The molecule has 0 aliphatic carbocycles. The highest BCUT2D eigenvalue weighted by atomic mass is 79.9. The molecule has 0 bridgehead atoms. The molecule has 7 heteroatoms. The van der Waals surface area contributed by atoms with Gasteiger partial charge in [0, 0.05) is 23.1 Å². The first-order chi connectivity index (χ1) is 9.97. The molecule has 2 saturated heterocycles. The SMILES string of the molecule is O=S(=O)(NC1CCN2CCCCC12)c1ccc(F)cc1Br. The number of benzene rings is 1. The predicted octanol–water partition coefficient (Wildman–Crippen LogP) is 2.49. The van der Waals surface area contributed by atoms with E-state index in [-0.39, 0.29) is 15.4 Å². The number of piperidine rings is 1. The van der Waals surface area contributed by atoms with E-state index in [2.05, 4.69) is 25.6 Å². The van der Waals surface area contributed by atoms with Gasteiger partial charge in [-0.15, -0.1) is 0 Å². The molecule has 2 heterocycles. The molecule has 4 nitrogen and oxygen atoms in total. The van der Waals surface area contributed by atoms with E-state index in [4.69, 9.17) is 0 Å². The lowest BCUT2D eigenvalue weighted by molar-refractivity contribution is 0.186. The standard InChI is InChI=1S/C14H18BrFN2O2S/c15-11-9-10(16)4-5-14(11)21(19,20)17-12-6-8-18-7-2-1-3-13(12)18/h4-5,9,12-13,17H,1-3,6-8H2. The van der Waals surface area contributed by atoms with Crippen LogP contribution in [-0.4, -0.2) is 38.5 Å². The van der Waals surface area contributed by atoms with Gasteiger partial charge in [-0.1, -0.05) is 6.42 Å². The molecule has 3 rings (SSSR count). The largest absolute Gasteiger partial charge is 0.299 e. The molecular formula is C14H18BrFN2O2S. The summed E-state index contributed by atoms with van der Waals surface area (Å²) in [6.45, 7) is 2.01. The van der Waals surface area contributed by atoms with Gasteiger partial charge in [-0.05, 0) is 59.9 Å². The lowest BCUT2D eigenvalue weighted by atomic mass is 10.00. The number of hydrogen-bond donors (Lipinski definition) is 1. The summed E-state index contributed by atoms with van der Waals surface area (Å²) in [6, 6.07) is 3.90. The quantitative estimate of drug-likeness (QED) is 0.881. The Morgan fingerprint density at radius 2 is 2.05 bits per heavy atom. The highest BCUT2D eigenvalue weighted by Gasteiger charge is 2.38. The summed E-state index contributed by atoms with van der Waals surface area (Å²) in [5, 5.41) is 0. The van der Waals surface area contributed by atoms with Gasteiger partial charge < -0.3 is 0 Å². The Morgan fingerprint density at radius 1 is 1.24 bits per heavy atom. The Labute approximate surface area is 132 Å². The number of halogens is 2. The van der Waals surface area contributed by atoms with Crippen molar-refractivity contribution < 1.29 is 12.8 Å². The minimum atomic E-state index is -3.63. The van der Waals surface area contributed by atoms with Crippen LogP contribution in [-0.2, 0) is 10.0 Å². The van der Waals surface area contributed by atoms with Gasteiger partial charge in [0.15, 0.2) is 0 Å². The number of hydrogen-bond acceptors (Lipinski definition) is 3. The van der Waals surface area contributed by atoms with Crippen LogP contribution >= 0.6 is 15.9 Å². The van der Waals surface area contributed by atoms with Gasteiger partial charge in [0.2, 0.25) is 10.0 Å². The van der Waals surface area contributed by atoms with Crippen LogP contribution in [0.5, 0.6) is 0 Å². The van der Waals surface area contributed by atoms with Crippen LogP contribution in [0.2, 0.25) is 0 Å². The van der Waals surface area contributed by atoms with Crippen LogP contribution in [0.1, 0.15) is 25.7 Å². The smallest absolute Gasteiger partial charge is 0.241 e. The van der Waals surface area contributed by atoms with Crippen molar-refractivity contribution >= 4 is 26.0 Å². The fourth-order valence-electron chi connectivity index (χ4n) is 3.34. The minimum absolute atomic E-state index is 0.0488. The fourth-order valence-corrected chi connectivity index (χ4v) is 5.69. The first kappa shape index (κ1) is 15.4. The van der Waals surface area contributed by atoms with Gasteiger partial charge in [-0.2, -0.15) is 0 Å². The Balaban J connectivity index is 1.80. The third-order valence-corrected chi connectivity index (χ3v) is 6.81. The monoisotopic (exact) mass is 376 g/mol. The van der Waals surface area contributed by atoms with Crippen LogP contribution in [0.15, 0.2) is 27.6 Å². The molecule has 1 N–H and O–H groups in total. The highest BCUT2D eigenvalue weighted by molar-refractivity contribution is 9.10. The van der Waals surface area contributed by atoms with Crippen molar-refractivity contribution in [1.29, 1.82) is 0 Å². The van der Waals surface area contributed by atoms with Crippen LogP contribution in [0.4, 0.5) is 4.39 Å². The summed E-state index contributed by atoms with van der Waals surface area (Å²) < 4.78 is 41.2. The third kappa shape index (κ3) is 3.16. The first-order valence-electron chi connectivity index (χ1n) is 7.19. The molecule has 1 aromatic rings. The van der Waals surface area contributed by atoms with E-state index in [0.717, 1.165) is 32.4 Å². The summed E-state index contributed by atoms with van der Waals surface area (Å²) in [5.41, 5.74) is 0. The summed E-state index contributed by atoms with van der Waals surface area (Å²) in [7, 11) is -3.63. The maximum atomic E-state index is 13.1. The molecule has 2 aliphatic heterocycles. The maximum absolute atomic E-state index is 13.1. The molecule has 2 fully saturated rings. The minimum Gasteiger partial charge on any atom is -0.299 e. The number of fused-ring (bicyclic) bond motifs is 1. The number of rotatable bonds is 3. The van der Waals surface area contributed by atoms with E-state index in [1.165, 1.54) is 24.6 Å². The zero-order chi connectivity index (χ0) is 15.0. The zero-order valence-electron chi connectivity index (χ0n) is 11.6. The van der Waals surface area contributed by atoms with Gasteiger partial charge in [0.25, 0.3) is 0 Å². The molecule has 2 aliphatic rings. The van der Waals surface area contributed by atoms with E-state index in [1.807, 2.05) is 0 Å². The van der Waals surface area contributed by atoms with E-state index >= 15 is 0 Å². The second kappa shape index (κ2) is 5.95. The van der Waals surface area contributed by atoms with Crippen molar-refractivity contribution in [3.05, 3.63) is 28.5 Å². The van der Waals surface area contributed by atoms with Crippen LogP contribution in [0, 0.1) is 5.82 Å². The van der Waals surface area contributed by atoms with Crippen molar-refractivity contribution in [2.24, 2.45) is 0 Å². The van der Waals surface area contributed by atoms with E-state index < -0.39 is 15.8 Å². The van der Waals surface area contributed by atoms with E-state index in [1.54, 1.807) is 0 Å². The number of sulfonamides is 1. The van der Waals surface area contributed by atoms with Crippen molar-refractivity contribution in [2.75, 3.05) is 13.1 Å². The molecule has 2 atom stereocenters. The molecule has 2 unspecified atom stereocenters. The Bertz CT molecular complexity index is 638. The zero-order valence-corrected chi connectivity index (χ0v) is 14.0. The summed E-state index contributed by atoms with van der Waals surface area (Å²) in [4.78, 5) is 2.47. The average Bonchev–Trinajstić information content (AvgIpc) is 2.81. The number of nitrogens with one attached hydrogen (secondary N) is 1. The molecule has 0 spiro atoms. The first-order valence-corrected chi connectivity index (χ1v) is 9.46. The van der Waals surface area contributed by atoms with Crippen molar-refractivity contribution in [3.8, 4) is 0 Å². The molecule has 21 heavy (non-hydrogen) atoms. The topological polar surface area (TPSA) is 49.4 Å². The molecular weight excluding hydrogens is 359 g/mol. The summed E-state index contributed by atoms with van der Waals surface area (Å²) in [6.07, 6.45) is 4.22. The Morgan fingerprint density at radius 3 is 2.81 bits per heavy atom. The second-order valence-electron chi connectivity index (χ2n) is 5.69. The predicted molar refractivity (Wildman–Crippen MR) is 82.0 cm³/mol. The van der Waals surface area contributed by atoms with Crippen LogP contribution < -0.4 is 4.72 Å². The lowest BCUT2D eigenvalue weighted by Crippen LogP contribution is -2.46. The molecule has 0 saturated carbocycles. The van der Waals surface area contributed by atoms with Crippen LogP contribution in [0.3, 0.4) is 0 Å². The second-order valence-corrected chi connectivity index (χ2v) is 8.23. The Kier molecular flexibility index (Phi) is 4.36. The molecule has 0 radical (unpaired) electrons. The van der Waals surface area contributed by atoms with Crippen molar-refractivity contribution in [1.82, 2.24) is 9.62 Å².